The van der Waals surface area contributed by atoms with E-state index >= 15 is 0 Å². The van der Waals surface area contributed by atoms with Crippen LogP contribution in [0.2, 0.25) is 0 Å². The average Bonchev–Trinajstić information content (AvgIpc) is 2.57. The highest BCUT2D eigenvalue weighted by Gasteiger charge is 2.07. The van der Waals surface area contributed by atoms with Crippen molar-refractivity contribution >= 4 is 48.0 Å². The molecule has 0 bridgehead atoms. The van der Waals surface area contributed by atoms with Crippen LogP contribution in [0, 0.1) is 0 Å². The molecule has 0 saturated heterocycles. The number of benzene rings is 2. The second-order valence-electron chi connectivity index (χ2n) is 4.79. The average molecular weight is 386 g/mol. The highest BCUT2D eigenvalue weighted by atomic mass is 35.5. The molecule has 2 aromatic rings. The molecule has 0 spiro atoms. The van der Waals surface area contributed by atoms with E-state index in [-0.39, 0.29) is 12.4 Å². The van der Waals surface area contributed by atoms with Gasteiger partial charge in [-0.15, -0.1) is 12.4 Å². The van der Waals surface area contributed by atoms with E-state index in [0.29, 0.717) is 13.1 Å². The number of alkyl halides is 2. The maximum atomic E-state index is 6.02. The van der Waals surface area contributed by atoms with Gasteiger partial charge >= 0.3 is 0 Å². The molecule has 0 aromatic heterocycles. The number of nitrogens with zero attached hydrogens (tertiary/aromatic N) is 2. The molecular weight excluding hydrogens is 367 g/mol. The first-order valence-electron chi connectivity index (χ1n) is 7.25. The number of rotatable bonds is 8. The quantitative estimate of drug-likeness (QED) is 0.460. The maximum absolute atomic E-state index is 6.02. The van der Waals surface area contributed by atoms with Crippen LogP contribution in [-0.4, -0.2) is 23.6 Å². The third-order valence-corrected chi connectivity index (χ3v) is 3.37. The van der Waals surface area contributed by atoms with Crippen LogP contribution in [0.15, 0.2) is 70.6 Å². The molecule has 0 aliphatic heterocycles. The first-order valence-corrected chi connectivity index (χ1v) is 8.12. The van der Waals surface area contributed by atoms with Gasteiger partial charge in [0.2, 0.25) is 0 Å². The van der Waals surface area contributed by atoms with Gasteiger partial charge in [-0.05, 0) is 11.1 Å². The predicted octanol–water partition coefficient (Wildman–Crippen LogP) is 5.10. The monoisotopic (exact) mass is 384 g/mol. The Morgan fingerprint density at radius 3 is 1.50 bits per heavy atom. The number of halogens is 3. The van der Waals surface area contributed by atoms with Gasteiger partial charge in [0, 0.05) is 12.4 Å². The summed E-state index contributed by atoms with van der Waals surface area (Å²) in [7, 11) is 0. The van der Waals surface area contributed by atoms with Crippen molar-refractivity contribution in [1.82, 2.24) is 0 Å². The summed E-state index contributed by atoms with van der Waals surface area (Å²) in [5, 5.41) is 0. The summed E-state index contributed by atoms with van der Waals surface area (Å²) < 4.78 is 5.36. The van der Waals surface area contributed by atoms with Crippen LogP contribution < -0.4 is 0 Å². The summed E-state index contributed by atoms with van der Waals surface area (Å²) in [6.45, 7) is 1.12. The minimum absolute atomic E-state index is 0. The zero-order valence-electron chi connectivity index (χ0n) is 13.0. The molecule has 0 heterocycles. The SMILES string of the molecule is Cl.ClC(C=NCc1ccccc1)OC(Cl)C=NCc1ccccc1. The zero-order chi connectivity index (χ0) is 16.3. The van der Waals surface area contributed by atoms with Gasteiger partial charge in [0.1, 0.15) is 0 Å². The summed E-state index contributed by atoms with van der Waals surface area (Å²) in [5.74, 6) is 0. The number of hydrogen-bond donors (Lipinski definition) is 0. The molecule has 0 aliphatic rings. The van der Waals surface area contributed by atoms with Crippen LogP contribution in [0.3, 0.4) is 0 Å². The van der Waals surface area contributed by atoms with Crippen molar-refractivity contribution in [1.29, 1.82) is 0 Å². The van der Waals surface area contributed by atoms with Crippen LogP contribution in [0.25, 0.3) is 0 Å². The minimum atomic E-state index is -0.690. The number of aliphatic imine (C=N–C) groups is 2. The summed E-state index contributed by atoms with van der Waals surface area (Å²) in [6, 6.07) is 19.8. The molecule has 0 radical (unpaired) electrons. The van der Waals surface area contributed by atoms with Crippen LogP contribution in [0.5, 0.6) is 0 Å². The standard InChI is InChI=1S/C18H18Cl2N2O.ClH/c19-17(13-21-11-15-7-3-1-4-8-15)23-18(20)14-22-12-16-9-5-2-6-10-16;/h1-10,13-14,17-18H,11-12H2;1H. The maximum Gasteiger partial charge on any atom is 0.168 e. The van der Waals surface area contributed by atoms with E-state index < -0.39 is 11.1 Å². The second kappa shape index (κ2) is 12.0. The summed E-state index contributed by atoms with van der Waals surface area (Å²) in [5.41, 5.74) is 0.840. The molecule has 0 fully saturated rings. The largest absolute Gasteiger partial charge is 0.333 e. The van der Waals surface area contributed by atoms with Gasteiger partial charge in [-0.2, -0.15) is 0 Å². The molecule has 2 unspecified atom stereocenters. The Balaban J connectivity index is 0.00000288. The van der Waals surface area contributed by atoms with E-state index in [2.05, 4.69) is 9.98 Å². The van der Waals surface area contributed by atoms with E-state index in [9.17, 15) is 0 Å². The van der Waals surface area contributed by atoms with Crippen LogP contribution >= 0.6 is 35.6 Å². The van der Waals surface area contributed by atoms with Gasteiger partial charge in [-0.1, -0.05) is 83.9 Å². The van der Waals surface area contributed by atoms with Gasteiger partial charge in [0.15, 0.2) is 11.1 Å². The Kier molecular flexibility index (Phi) is 10.4. The van der Waals surface area contributed by atoms with E-state index in [1.54, 1.807) is 0 Å². The first kappa shape index (κ1) is 20.7. The fourth-order valence-corrected chi connectivity index (χ4v) is 2.28. The van der Waals surface area contributed by atoms with Crippen molar-refractivity contribution in [3.05, 3.63) is 71.8 Å². The van der Waals surface area contributed by atoms with Crippen LogP contribution in [0.1, 0.15) is 11.1 Å². The van der Waals surface area contributed by atoms with Gasteiger partial charge < -0.3 is 4.74 Å². The predicted molar refractivity (Wildman–Crippen MR) is 105 cm³/mol. The lowest BCUT2D eigenvalue weighted by atomic mass is 10.2. The highest BCUT2D eigenvalue weighted by Crippen LogP contribution is 2.06. The second-order valence-corrected chi connectivity index (χ2v) is 5.65. The molecule has 2 rings (SSSR count). The van der Waals surface area contributed by atoms with Crippen molar-refractivity contribution < 1.29 is 4.74 Å². The number of hydrogen-bond acceptors (Lipinski definition) is 3. The lowest BCUT2D eigenvalue weighted by molar-refractivity contribution is 0.165. The Hall–Kier alpha value is -1.39. The third kappa shape index (κ3) is 8.46. The molecule has 0 saturated carbocycles. The fourth-order valence-electron chi connectivity index (χ4n) is 1.84. The third-order valence-electron chi connectivity index (χ3n) is 2.94. The topological polar surface area (TPSA) is 34.0 Å². The molecule has 2 aromatic carbocycles. The number of ether oxygens (including phenoxy) is 1. The molecule has 6 heteroatoms. The Labute approximate surface area is 158 Å². The normalized spacial score (nSPS) is 13.8. The van der Waals surface area contributed by atoms with Crippen molar-refractivity contribution in [2.75, 3.05) is 0 Å². The molecule has 0 aliphatic carbocycles. The Bertz CT molecular complexity index is 565. The van der Waals surface area contributed by atoms with Gasteiger partial charge in [0.25, 0.3) is 0 Å². The molecule has 3 nitrogen and oxygen atoms in total. The molecular formula is C18H19Cl3N2O. The molecule has 128 valence electrons. The van der Waals surface area contributed by atoms with Crippen molar-refractivity contribution in [3.8, 4) is 0 Å². The Morgan fingerprint density at radius 2 is 1.12 bits per heavy atom. The molecule has 2 atom stereocenters. The molecule has 0 N–H and O–H groups in total. The molecule has 24 heavy (non-hydrogen) atoms. The van der Waals surface area contributed by atoms with Crippen molar-refractivity contribution in [2.24, 2.45) is 9.98 Å². The summed E-state index contributed by atoms with van der Waals surface area (Å²) in [6.07, 6.45) is 3.07. The van der Waals surface area contributed by atoms with Crippen molar-refractivity contribution in [3.63, 3.8) is 0 Å². The fraction of sp³-hybridized carbons (Fsp3) is 0.222. The lowest BCUT2D eigenvalue weighted by Gasteiger charge is -2.08. The Morgan fingerprint density at radius 1 is 0.750 bits per heavy atom. The van der Waals surface area contributed by atoms with E-state index in [4.69, 9.17) is 27.9 Å². The summed E-state index contributed by atoms with van der Waals surface area (Å²) >= 11 is 12.0. The molecule has 0 amide bonds. The summed E-state index contributed by atoms with van der Waals surface area (Å²) in [4.78, 5) is 8.47. The highest BCUT2D eigenvalue weighted by molar-refractivity contribution is 6.29. The van der Waals surface area contributed by atoms with E-state index in [1.807, 2.05) is 60.7 Å². The zero-order valence-corrected chi connectivity index (χ0v) is 15.3. The lowest BCUT2D eigenvalue weighted by Crippen LogP contribution is -2.15. The smallest absolute Gasteiger partial charge is 0.168 e. The van der Waals surface area contributed by atoms with E-state index in [1.165, 1.54) is 12.4 Å². The van der Waals surface area contributed by atoms with Gasteiger partial charge in [-0.3, -0.25) is 9.98 Å². The van der Waals surface area contributed by atoms with Crippen LogP contribution in [-0.2, 0) is 17.8 Å². The minimum Gasteiger partial charge on any atom is -0.333 e. The van der Waals surface area contributed by atoms with Crippen molar-refractivity contribution in [2.45, 2.75) is 24.2 Å². The van der Waals surface area contributed by atoms with E-state index in [0.717, 1.165) is 11.1 Å². The van der Waals surface area contributed by atoms with Gasteiger partial charge in [-0.25, -0.2) is 0 Å². The van der Waals surface area contributed by atoms with Crippen LogP contribution in [0.4, 0.5) is 0 Å². The van der Waals surface area contributed by atoms with Gasteiger partial charge in [0.05, 0.1) is 13.1 Å². The first-order chi connectivity index (χ1) is 11.2.